The first kappa shape index (κ1) is 9.30. The summed E-state index contributed by atoms with van der Waals surface area (Å²) in [4.78, 5) is 21.0. The van der Waals surface area contributed by atoms with Crippen molar-refractivity contribution in [1.82, 2.24) is 4.98 Å². The van der Waals surface area contributed by atoms with Crippen molar-refractivity contribution in [3.8, 4) is 0 Å². The molecule has 0 unspecified atom stereocenters. The monoisotopic (exact) mass is 213 g/mol. The third kappa shape index (κ3) is 1.35. The molecule has 1 fully saturated rings. The summed E-state index contributed by atoms with van der Waals surface area (Å²) >= 11 is 0. The predicted molar refractivity (Wildman–Crippen MR) is 59.5 cm³/mol. The molecule has 1 aliphatic rings. The van der Waals surface area contributed by atoms with Crippen molar-refractivity contribution < 1.29 is 9.63 Å². The number of carbonyl (C=O) groups is 1. The topological polar surface area (TPSA) is 42.4 Å². The van der Waals surface area contributed by atoms with E-state index in [-0.39, 0.29) is 5.91 Å². The van der Waals surface area contributed by atoms with Crippen LogP contribution in [-0.2, 0) is 9.63 Å². The van der Waals surface area contributed by atoms with E-state index in [9.17, 15) is 4.79 Å². The number of hydrogen-bond acceptors (Lipinski definition) is 3. The lowest BCUT2D eigenvalue weighted by Gasteiger charge is -2.15. The molecule has 0 N–H and O–H groups in total. The van der Waals surface area contributed by atoms with E-state index >= 15 is 0 Å². The smallest absolute Gasteiger partial charge is 0.257 e. The van der Waals surface area contributed by atoms with Crippen LogP contribution in [0.5, 0.6) is 0 Å². The van der Waals surface area contributed by atoms with Gasteiger partial charge in [-0.2, -0.15) is 5.06 Å². The largest absolute Gasteiger partial charge is 0.272 e. The van der Waals surface area contributed by atoms with E-state index in [0.29, 0.717) is 6.61 Å². The van der Waals surface area contributed by atoms with Crippen LogP contribution in [0.25, 0.3) is 10.9 Å². The predicted octanol–water partition coefficient (Wildman–Crippen LogP) is 1.72. The molecule has 3 rings (SSSR count). The summed E-state index contributed by atoms with van der Waals surface area (Å²) in [6, 6.07) is 9.38. The highest BCUT2D eigenvalue weighted by molar-refractivity contribution is 6.05. The van der Waals surface area contributed by atoms with Crippen LogP contribution in [0.15, 0.2) is 36.5 Å². The molecule has 0 atom stereocenters. The number of nitrogens with zero attached hydrogens (tertiary/aromatic N) is 2. The fraction of sp³-hybridized carbons (Fsp3) is 0.0833. The average molecular weight is 213 g/mol. The Balaban J connectivity index is 2.19. The quantitative estimate of drug-likeness (QED) is 0.724. The lowest BCUT2D eigenvalue weighted by Crippen LogP contribution is -2.22. The molecule has 0 saturated carbocycles. The summed E-state index contributed by atoms with van der Waals surface area (Å²) in [5, 5.41) is 2.22. The molecule has 0 aliphatic carbocycles. The number of pyridine rings is 1. The van der Waals surface area contributed by atoms with E-state index < -0.39 is 0 Å². The molecular formula is C12H9N2O2. The SMILES string of the molecule is O=C1[CH]CON1c1cccc2ncccc12. The van der Waals surface area contributed by atoms with Crippen LogP contribution in [-0.4, -0.2) is 17.5 Å². The van der Waals surface area contributed by atoms with Gasteiger partial charge in [-0.25, -0.2) is 0 Å². The van der Waals surface area contributed by atoms with Gasteiger partial charge in [0, 0.05) is 11.6 Å². The zero-order valence-electron chi connectivity index (χ0n) is 8.46. The highest BCUT2D eigenvalue weighted by Gasteiger charge is 2.25. The van der Waals surface area contributed by atoms with E-state index in [1.165, 1.54) is 11.5 Å². The van der Waals surface area contributed by atoms with Crippen LogP contribution in [0.3, 0.4) is 0 Å². The fourth-order valence-electron chi connectivity index (χ4n) is 1.78. The van der Waals surface area contributed by atoms with E-state index in [1.807, 2.05) is 30.3 Å². The minimum atomic E-state index is -0.128. The van der Waals surface area contributed by atoms with Crippen molar-refractivity contribution in [2.45, 2.75) is 0 Å². The molecule has 4 heteroatoms. The number of amides is 1. The summed E-state index contributed by atoms with van der Waals surface area (Å²) in [7, 11) is 0. The number of carbonyl (C=O) groups excluding carboxylic acids is 1. The van der Waals surface area contributed by atoms with Crippen LogP contribution >= 0.6 is 0 Å². The number of rotatable bonds is 1. The molecule has 1 aromatic heterocycles. The summed E-state index contributed by atoms with van der Waals surface area (Å²) in [6.45, 7) is 0.329. The van der Waals surface area contributed by atoms with Gasteiger partial charge in [-0.15, -0.1) is 0 Å². The normalized spacial score (nSPS) is 16.0. The molecule has 4 nitrogen and oxygen atoms in total. The van der Waals surface area contributed by atoms with Gasteiger partial charge in [0.05, 0.1) is 24.2 Å². The van der Waals surface area contributed by atoms with Crippen molar-refractivity contribution in [3.05, 3.63) is 42.9 Å². The summed E-state index contributed by atoms with van der Waals surface area (Å²) in [5.41, 5.74) is 1.59. The zero-order valence-corrected chi connectivity index (χ0v) is 8.46. The summed E-state index contributed by atoms with van der Waals surface area (Å²) in [6.07, 6.45) is 3.24. The minimum Gasteiger partial charge on any atom is -0.272 e. The van der Waals surface area contributed by atoms with Gasteiger partial charge in [-0.05, 0) is 24.3 Å². The van der Waals surface area contributed by atoms with Crippen LogP contribution in [0.2, 0.25) is 0 Å². The molecule has 0 bridgehead atoms. The Morgan fingerprint density at radius 1 is 1.25 bits per heavy atom. The van der Waals surface area contributed by atoms with Crippen molar-refractivity contribution in [2.24, 2.45) is 0 Å². The van der Waals surface area contributed by atoms with E-state index in [2.05, 4.69) is 4.98 Å². The lowest BCUT2D eigenvalue weighted by atomic mass is 10.2. The minimum absolute atomic E-state index is 0.128. The number of anilines is 1. The number of hydroxylamine groups is 1. The Morgan fingerprint density at radius 3 is 3.00 bits per heavy atom. The van der Waals surface area contributed by atoms with Gasteiger partial charge < -0.3 is 0 Å². The highest BCUT2D eigenvalue weighted by atomic mass is 16.7. The number of fused-ring (bicyclic) bond motifs is 1. The number of hydrogen-bond donors (Lipinski definition) is 0. The second kappa shape index (κ2) is 3.57. The Morgan fingerprint density at radius 2 is 2.19 bits per heavy atom. The first-order valence-corrected chi connectivity index (χ1v) is 5.00. The van der Waals surface area contributed by atoms with Crippen molar-refractivity contribution in [3.63, 3.8) is 0 Å². The Labute approximate surface area is 92.4 Å². The third-order valence-corrected chi connectivity index (χ3v) is 2.50. The molecule has 79 valence electrons. The van der Waals surface area contributed by atoms with Crippen molar-refractivity contribution >= 4 is 22.5 Å². The van der Waals surface area contributed by atoms with E-state index in [1.54, 1.807) is 6.20 Å². The van der Waals surface area contributed by atoms with Crippen LogP contribution in [0.4, 0.5) is 5.69 Å². The van der Waals surface area contributed by atoms with Crippen molar-refractivity contribution in [1.29, 1.82) is 0 Å². The lowest BCUT2D eigenvalue weighted by molar-refractivity contribution is -0.117. The molecule has 16 heavy (non-hydrogen) atoms. The van der Waals surface area contributed by atoms with Gasteiger partial charge in [0.15, 0.2) is 0 Å². The molecule has 1 aromatic carbocycles. The maximum absolute atomic E-state index is 11.5. The second-order valence-electron chi connectivity index (χ2n) is 3.48. The maximum Gasteiger partial charge on any atom is 0.257 e. The first-order chi connectivity index (χ1) is 7.86. The summed E-state index contributed by atoms with van der Waals surface area (Å²) < 4.78 is 0. The van der Waals surface area contributed by atoms with Crippen molar-refractivity contribution in [2.75, 3.05) is 11.7 Å². The zero-order chi connectivity index (χ0) is 11.0. The Bertz CT molecular complexity index is 548. The summed E-state index contributed by atoms with van der Waals surface area (Å²) in [5.74, 6) is -0.128. The number of aromatic nitrogens is 1. The van der Waals surface area contributed by atoms with E-state index in [4.69, 9.17) is 4.84 Å². The van der Waals surface area contributed by atoms with Crippen LogP contribution in [0, 0.1) is 6.42 Å². The van der Waals surface area contributed by atoms with E-state index in [0.717, 1.165) is 16.6 Å². The molecule has 2 aromatic rings. The second-order valence-corrected chi connectivity index (χ2v) is 3.48. The molecular weight excluding hydrogens is 204 g/mol. The molecule has 0 spiro atoms. The Kier molecular flexibility index (Phi) is 2.08. The molecule has 1 saturated heterocycles. The third-order valence-electron chi connectivity index (χ3n) is 2.50. The van der Waals surface area contributed by atoms with Gasteiger partial charge in [0.25, 0.3) is 5.91 Å². The molecule has 1 amide bonds. The van der Waals surface area contributed by atoms with Crippen LogP contribution < -0.4 is 5.06 Å². The van der Waals surface area contributed by atoms with Gasteiger partial charge in [0.2, 0.25) is 0 Å². The molecule has 1 radical (unpaired) electrons. The molecule has 1 aliphatic heterocycles. The fourth-order valence-corrected chi connectivity index (χ4v) is 1.78. The van der Waals surface area contributed by atoms with Gasteiger partial charge in [-0.1, -0.05) is 6.07 Å². The highest BCUT2D eigenvalue weighted by Crippen LogP contribution is 2.27. The molecule has 2 heterocycles. The first-order valence-electron chi connectivity index (χ1n) is 5.00. The maximum atomic E-state index is 11.5. The van der Waals surface area contributed by atoms with Crippen LogP contribution in [0.1, 0.15) is 0 Å². The van der Waals surface area contributed by atoms with Gasteiger partial charge in [0.1, 0.15) is 0 Å². The standard InChI is InChI=1S/C12H9N2O2/c15-12-6-8-16-14(12)11-5-1-4-10-9(11)3-2-7-13-10/h1-7H,8H2. The number of benzene rings is 1. The van der Waals surface area contributed by atoms with Gasteiger partial charge in [-0.3, -0.25) is 14.6 Å². The average Bonchev–Trinajstić information content (AvgIpc) is 2.75. The Hall–Kier alpha value is -1.94. The van der Waals surface area contributed by atoms with Gasteiger partial charge >= 0.3 is 0 Å².